The highest BCUT2D eigenvalue weighted by atomic mass is 16.3. The first-order chi connectivity index (χ1) is 9.74. The third kappa shape index (κ3) is 3.54. The van der Waals surface area contributed by atoms with Gasteiger partial charge in [-0.15, -0.1) is 0 Å². The standard InChI is InChI=1S/C16H21N3O/c1-3-16(20)15-9-8-14(11-18-15)19(4-2)12-13-7-5-6-10-17-13/h5-11,16,20H,3-4,12H2,1-2H3. The Bertz CT molecular complexity index is 513. The van der Waals surface area contributed by atoms with Crippen molar-refractivity contribution in [2.75, 3.05) is 11.4 Å². The fraction of sp³-hybridized carbons (Fsp3) is 0.375. The van der Waals surface area contributed by atoms with E-state index in [-0.39, 0.29) is 0 Å². The molecule has 0 aliphatic heterocycles. The number of anilines is 1. The average Bonchev–Trinajstić information content (AvgIpc) is 2.53. The van der Waals surface area contributed by atoms with Gasteiger partial charge in [0.25, 0.3) is 0 Å². The topological polar surface area (TPSA) is 49.2 Å². The molecular formula is C16H21N3O. The summed E-state index contributed by atoms with van der Waals surface area (Å²) < 4.78 is 0. The van der Waals surface area contributed by atoms with Gasteiger partial charge in [-0.3, -0.25) is 9.97 Å². The molecule has 106 valence electrons. The van der Waals surface area contributed by atoms with Crippen LogP contribution in [0.4, 0.5) is 5.69 Å². The van der Waals surface area contributed by atoms with Gasteiger partial charge in [-0.25, -0.2) is 0 Å². The van der Waals surface area contributed by atoms with Crippen LogP contribution >= 0.6 is 0 Å². The Morgan fingerprint density at radius 2 is 2.00 bits per heavy atom. The second-order valence-corrected chi connectivity index (χ2v) is 4.70. The van der Waals surface area contributed by atoms with E-state index in [0.29, 0.717) is 6.42 Å². The van der Waals surface area contributed by atoms with E-state index in [4.69, 9.17) is 0 Å². The van der Waals surface area contributed by atoms with E-state index in [1.165, 1.54) is 0 Å². The number of nitrogens with zero attached hydrogens (tertiary/aromatic N) is 3. The largest absolute Gasteiger partial charge is 0.387 e. The molecule has 0 fully saturated rings. The van der Waals surface area contributed by atoms with Gasteiger partial charge in [0.15, 0.2) is 0 Å². The summed E-state index contributed by atoms with van der Waals surface area (Å²) in [5.41, 5.74) is 2.81. The van der Waals surface area contributed by atoms with Crippen LogP contribution in [0, 0.1) is 0 Å². The van der Waals surface area contributed by atoms with Crippen LogP contribution in [0.3, 0.4) is 0 Å². The lowest BCUT2D eigenvalue weighted by Gasteiger charge is -2.22. The molecule has 1 N–H and O–H groups in total. The van der Waals surface area contributed by atoms with Gasteiger partial charge < -0.3 is 10.0 Å². The van der Waals surface area contributed by atoms with Crippen molar-refractivity contribution in [2.24, 2.45) is 0 Å². The second-order valence-electron chi connectivity index (χ2n) is 4.70. The monoisotopic (exact) mass is 271 g/mol. The predicted molar refractivity (Wildman–Crippen MR) is 80.4 cm³/mol. The van der Waals surface area contributed by atoms with Gasteiger partial charge in [-0.05, 0) is 37.6 Å². The van der Waals surface area contributed by atoms with Gasteiger partial charge in [0.05, 0.1) is 35.9 Å². The SMILES string of the molecule is CCC(O)c1ccc(N(CC)Cc2ccccn2)cn1. The normalized spacial score (nSPS) is 12.2. The minimum Gasteiger partial charge on any atom is -0.387 e. The summed E-state index contributed by atoms with van der Waals surface area (Å²) in [6, 6.07) is 9.83. The maximum atomic E-state index is 9.77. The Hall–Kier alpha value is -1.94. The van der Waals surface area contributed by atoms with E-state index in [2.05, 4.69) is 21.8 Å². The van der Waals surface area contributed by atoms with Crippen molar-refractivity contribution >= 4 is 5.69 Å². The molecule has 0 aliphatic rings. The molecule has 20 heavy (non-hydrogen) atoms. The van der Waals surface area contributed by atoms with Crippen LogP contribution in [0.15, 0.2) is 42.7 Å². The molecule has 4 heteroatoms. The van der Waals surface area contributed by atoms with Crippen LogP contribution in [-0.2, 0) is 6.54 Å². The van der Waals surface area contributed by atoms with Gasteiger partial charge in [0, 0.05) is 12.7 Å². The van der Waals surface area contributed by atoms with E-state index >= 15 is 0 Å². The number of hydrogen-bond acceptors (Lipinski definition) is 4. The molecule has 0 saturated carbocycles. The van der Waals surface area contributed by atoms with Crippen molar-refractivity contribution in [1.82, 2.24) is 9.97 Å². The van der Waals surface area contributed by atoms with E-state index in [9.17, 15) is 5.11 Å². The summed E-state index contributed by atoms with van der Waals surface area (Å²) in [5.74, 6) is 0. The van der Waals surface area contributed by atoms with Crippen molar-refractivity contribution in [1.29, 1.82) is 0 Å². The van der Waals surface area contributed by atoms with Crippen molar-refractivity contribution in [3.8, 4) is 0 Å². The maximum absolute atomic E-state index is 9.77. The lowest BCUT2D eigenvalue weighted by molar-refractivity contribution is 0.169. The zero-order valence-corrected chi connectivity index (χ0v) is 12.0. The highest BCUT2D eigenvalue weighted by molar-refractivity contribution is 5.45. The quantitative estimate of drug-likeness (QED) is 0.877. The molecule has 2 heterocycles. The van der Waals surface area contributed by atoms with Crippen molar-refractivity contribution in [3.63, 3.8) is 0 Å². The van der Waals surface area contributed by atoms with E-state index in [0.717, 1.165) is 30.2 Å². The fourth-order valence-electron chi connectivity index (χ4n) is 2.06. The molecule has 0 amide bonds. The Morgan fingerprint density at radius 3 is 2.55 bits per heavy atom. The van der Waals surface area contributed by atoms with E-state index < -0.39 is 6.10 Å². The molecule has 0 spiro atoms. The third-order valence-corrected chi connectivity index (χ3v) is 3.32. The Balaban J connectivity index is 2.11. The van der Waals surface area contributed by atoms with Crippen LogP contribution in [-0.4, -0.2) is 21.6 Å². The molecule has 1 unspecified atom stereocenters. The molecule has 2 rings (SSSR count). The van der Waals surface area contributed by atoms with Gasteiger partial charge in [-0.2, -0.15) is 0 Å². The van der Waals surface area contributed by atoms with Crippen LogP contribution in [0.1, 0.15) is 37.8 Å². The minimum absolute atomic E-state index is 0.477. The van der Waals surface area contributed by atoms with Gasteiger partial charge >= 0.3 is 0 Å². The Morgan fingerprint density at radius 1 is 1.15 bits per heavy atom. The molecule has 0 saturated heterocycles. The second kappa shape index (κ2) is 7.01. The van der Waals surface area contributed by atoms with Crippen LogP contribution in [0.25, 0.3) is 0 Å². The first-order valence-electron chi connectivity index (χ1n) is 7.03. The molecule has 0 aliphatic carbocycles. The van der Waals surface area contributed by atoms with Gasteiger partial charge in [-0.1, -0.05) is 13.0 Å². The van der Waals surface area contributed by atoms with E-state index in [1.54, 1.807) is 0 Å². The Labute approximate surface area is 120 Å². The van der Waals surface area contributed by atoms with Crippen molar-refractivity contribution in [2.45, 2.75) is 32.9 Å². The zero-order valence-electron chi connectivity index (χ0n) is 12.0. The average molecular weight is 271 g/mol. The van der Waals surface area contributed by atoms with Crippen molar-refractivity contribution in [3.05, 3.63) is 54.1 Å². The Kier molecular flexibility index (Phi) is 5.07. The first-order valence-corrected chi connectivity index (χ1v) is 7.03. The fourth-order valence-corrected chi connectivity index (χ4v) is 2.06. The molecule has 2 aromatic rings. The maximum Gasteiger partial charge on any atom is 0.0957 e. The van der Waals surface area contributed by atoms with Crippen LogP contribution < -0.4 is 4.90 Å². The smallest absolute Gasteiger partial charge is 0.0957 e. The lowest BCUT2D eigenvalue weighted by Crippen LogP contribution is -2.22. The minimum atomic E-state index is -0.477. The molecule has 4 nitrogen and oxygen atoms in total. The predicted octanol–water partition coefficient (Wildman–Crippen LogP) is 2.95. The number of hydrogen-bond donors (Lipinski definition) is 1. The summed E-state index contributed by atoms with van der Waals surface area (Å²) in [7, 11) is 0. The summed E-state index contributed by atoms with van der Waals surface area (Å²) >= 11 is 0. The summed E-state index contributed by atoms with van der Waals surface area (Å²) in [6.45, 7) is 5.69. The molecule has 0 radical (unpaired) electrons. The number of pyridine rings is 2. The van der Waals surface area contributed by atoms with Crippen LogP contribution in [0.5, 0.6) is 0 Å². The van der Waals surface area contributed by atoms with Gasteiger partial charge in [0.2, 0.25) is 0 Å². The third-order valence-electron chi connectivity index (χ3n) is 3.32. The summed E-state index contributed by atoms with van der Waals surface area (Å²) in [6.07, 6.45) is 3.83. The number of aliphatic hydroxyl groups is 1. The molecule has 2 aromatic heterocycles. The number of rotatable bonds is 6. The molecule has 0 aromatic carbocycles. The molecule has 1 atom stereocenters. The van der Waals surface area contributed by atoms with Crippen molar-refractivity contribution < 1.29 is 5.11 Å². The zero-order chi connectivity index (χ0) is 14.4. The summed E-state index contributed by atoms with van der Waals surface area (Å²) in [4.78, 5) is 10.9. The number of aromatic nitrogens is 2. The van der Waals surface area contributed by atoms with Gasteiger partial charge in [0.1, 0.15) is 0 Å². The highest BCUT2D eigenvalue weighted by Crippen LogP contribution is 2.19. The van der Waals surface area contributed by atoms with E-state index in [1.807, 2.05) is 49.6 Å². The number of aliphatic hydroxyl groups excluding tert-OH is 1. The molecular weight excluding hydrogens is 250 g/mol. The first kappa shape index (κ1) is 14.5. The van der Waals surface area contributed by atoms with Crippen LogP contribution in [0.2, 0.25) is 0 Å². The highest BCUT2D eigenvalue weighted by Gasteiger charge is 2.09. The molecule has 0 bridgehead atoms. The lowest BCUT2D eigenvalue weighted by atomic mass is 10.2. The summed E-state index contributed by atoms with van der Waals surface area (Å²) in [5, 5.41) is 9.77.